The highest BCUT2D eigenvalue weighted by molar-refractivity contribution is 6.29. The quantitative estimate of drug-likeness (QED) is 0.480. The molecule has 4 heteroatoms. The fourth-order valence-electron chi connectivity index (χ4n) is 2.65. The number of pyridine rings is 1. The van der Waals surface area contributed by atoms with Crippen LogP contribution in [-0.2, 0) is 0 Å². The lowest BCUT2D eigenvalue weighted by molar-refractivity contribution is 1.01. The van der Waals surface area contributed by atoms with Crippen LogP contribution in [-0.4, -0.2) is 14.5 Å². The topological polar surface area (TPSA) is 30.7 Å². The summed E-state index contributed by atoms with van der Waals surface area (Å²) in [6.45, 7) is 0. The van der Waals surface area contributed by atoms with Crippen LogP contribution in [0.5, 0.6) is 0 Å². The molecule has 0 aliphatic heterocycles. The van der Waals surface area contributed by atoms with Crippen molar-refractivity contribution in [3.63, 3.8) is 0 Å². The summed E-state index contributed by atoms with van der Waals surface area (Å²) in [4.78, 5) is 9.16. The third kappa shape index (κ3) is 2.82. The molecule has 0 aliphatic rings. The van der Waals surface area contributed by atoms with Gasteiger partial charge in [0.1, 0.15) is 16.8 Å². The van der Waals surface area contributed by atoms with Crippen molar-refractivity contribution in [3.05, 3.63) is 89.3 Å². The molecule has 0 saturated heterocycles. The molecule has 2 heterocycles. The molecule has 4 rings (SSSR count). The van der Waals surface area contributed by atoms with E-state index < -0.39 is 0 Å². The second-order valence-corrected chi connectivity index (χ2v) is 5.74. The van der Waals surface area contributed by atoms with Gasteiger partial charge in [0.2, 0.25) is 0 Å². The van der Waals surface area contributed by atoms with Crippen LogP contribution in [0, 0.1) is 0 Å². The third-order valence-corrected chi connectivity index (χ3v) is 3.95. The van der Waals surface area contributed by atoms with E-state index in [4.69, 9.17) is 16.6 Å². The molecule has 0 radical (unpaired) electrons. The maximum atomic E-state index is 6.08. The third-order valence-electron chi connectivity index (χ3n) is 3.74. The first kappa shape index (κ1) is 14.7. The van der Waals surface area contributed by atoms with Crippen molar-refractivity contribution in [3.8, 4) is 5.82 Å². The lowest BCUT2D eigenvalue weighted by Gasteiger charge is -2.06. The minimum atomic E-state index is 0.461. The van der Waals surface area contributed by atoms with Gasteiger partial charge in [-0.15, -0.1) is 0 Å². The number of hydrogen-bond donors (Lipinski definition) is 0. The Labute approximate surface area is 144 Å². The number of hydrogen-bond acceptors (Lipinski definition) is 2. The number of rotatable bonds is 3. The van der Waals surface area contributed by atoms with Gasteiger partial charge in [-0.3, -0.25) is 4.57 Å². The van der Waals surface area contributed by atoms with Crippen molar-refractivity contribution >= 4 is 34.8 Å². The first-order valence-corrected chi connectivity index (χ1v) is 8.02. The second kappa shape index (κ2) is 6.30. The molecule has 4 aromatic rings. The first-order chi connectivity index (χ1) is 11.8. The van der Waals surface area contributed by atoms with Crippen molar-refractivity contribution < 1.29 is 0 Å². The van der Waals surface area contributed by atoms with Gasteiger partial charge >= 0.3 is 0 Å². The zero-order valence-electron chi connectivity index (χ0n) is 12.8. The van der Waals surface area contributed by atoms with Gasteiger partial charge in [-0.25, -0.2) is 9.97 Å². The Kier molecular flexibility index (Phi) is 3.85. The molecule has 0 aliphatic carbocycles. The van der Waals surface area contributed by atoms with E-state index in [1.54, 1.807) is 6.07 Å². The van der Waals surface area contributed by atoms with E-state index in [0.29, 0.717) is 5.15 Å². The van der Waals surface area contributed by atoms with Crippen LogP contribution < -0.4 is 0 Å². The van der Waals surface area contributed by atoms with Gasteiger partial charge in [-0.2, -0.15) is 0 Å². The fraction of sp³-hybridized carbons (Fsp3) is 0. The zero-order chi connectivity index (χ0) is 16.4. The minimum Gasteiger partial charge on any atom is -0.277 e. The number of fused-ring (bicyclic) bond motifs is 1. The average molecular weight is 332 g/mol. The van der Waals surface area contributed by atoms with E-state index in [1.165, 1.54) is 0 Å². The molecule has 0 atom stereocenters. The summed E-state index contributed by atoms with van der Waals surface area (Å²) in [5, 5.41) is 0.461. The Hall–Kier alpha value is -2.91. The molecule has 2 aromatic heterocycles. The Balaban J connectivity index is 1.89. The predicted molar refractivity (Wildman–Crippen MR) is 99.2 cm³/mol. The van der Waals surface area contributed by atoms with Crippen LogP contribution in [0.25, 0.3) is 29.0 Å². The Morgan fingerprint density at radius 2 is 1.54 bits per heavy atom. The van der Waals surface area contributed by atoms with Crippen LogP contribution >= 0.6 is 11.6 Å². The maximum absolute atomic E-state index is 6.08. The van der Waals surface area contributed by atoms with E-state index in [2.05, 4.69) is 17.1 Å². The van der Waals surface area contributed by atoms with Crippen LogP contribution in [0.15, 0.2) is 72.8 Å². The van der Waals surface area contributed by atoms with Gasteiger partial charge in [0.15, 0.2) is 0 Å². The van der Waals surface area contributed by atoms with Crippen molar-refractivity contribution in [2.75, 3.05) is 0 Å². The molecule has 0 spiro atoms. The molecule has 0 amide bonds. The van der Waals surface area contributed by atoms with Gasteiger partial charge in [0, 0.05) is 0 Å². The molecular formula is C20H14ClN3. The smallest absolute Gasteiger partial charge is 0.140 e. The van der Waals surface area contributed by atoms with E-state index in [1.807, 2.05) is 71.3 Å². The highest BCUT2D eigenvalue weighted by Crippen LogP contribution is 2.22. The van der Waals surface area contributed by atoms with E-state index in [0.717, 1.165) is 28.2 Å². The summed E-state index contributed by atoms with van der Waals surface area (Å²) >= 11 is 6.08. The number of halogens is 1. The van der Waals surface area contributed by atoms with Crippen molar-refractivity contribution in [2.24, 2.45) is 0 Å². The zero-order valence-corrected chi connectivity index (χ0v) is 13.6. The number of benzene rings is 2. The summed E-state index contributed by atoms with van der Waals surface area (Å²) in [5.41, 5.74) is 3.04. The SMILES string of the molecule is Clc1cccc(-n2c(/C=C/c3ccccc3)nc3ccccc32)n1. The standard InChI is InChI=1S/C20H14ClN3/c21-18-11-6-12-19(23-18)24-17-10-5-4-9-16(17)22-20(24)14-13-15-7-2-1-3-8-15/h1-14H/b14-13+. The van der Waals surface area contributed by atoms with Crippen LogP contribution in [0.4, 0.5) is 0 Å². The largest absolute Gasteiger partial charge is 0.277 e. The lowest BCUT2D eigenvalue weighted by atomic mass is 10.2. The summed E-state index contributed by atoms with van der Waals surface area (Å²) in [5.74, 6) is 1.57. The van der Waals surface area contributed by atoms with Crippen molar-refractivity contribution in [2.45, 2.75) is 0 Å². The first-order valence-electron chi connectivity index (χ1n) is 7.65. The number of nitrogens with zero attached hydrogens (tertiary/aromatic N) is 3. The van der Waals surface area contributed by atoms with E-state index >= 15 is 0 Å². The molecule has 3 nitrogen and oxygen atoms in total. The molecule has 0 saturated carbocycles. The Bertz CT molecular complexity index is 1020. The Morgan fingerprint density at radius 1 is 0.750 bits per heavy atom. The molecule has 0 bridgehead atoms. The van der Waals surface area contributed by atoms with Crippen LogP contribution in [0.1, 0.15) is 11.4 Å². The predicted octanol–water partition coefficient (Wildman–Crippen LogP) is 5.24. The van der Waals surface area contributed by atoms with E-state index in [-0.39, 0.29) is 0 Å². The van der Waals surface area contributed by atoms with Crippen LogP contribution in [0.2, 0.25) is 5.15 Å². The molecule has 0 fully saturated rings. The Morgan fingerprint density at radius 3 is 2.38 bits per heavy atom. The van der Waals surface area contributed by atoms with E-state index in [9.17, 15) is 0 Å². The fourth-order valence-corrected chi connectivity index (χ4v) is 2.81. The highest BCUT2D eigenvalue weighted by Gasteiger charge is 2.11. The summed E-state index contributed by atoms with van der Waals surface area (Å²) in [6, 6.07) is 23.7. The molecule has 116 valence electrons. The van der Waals surface area contributed by atoms with Gasteiger partial charge in [-0.1, -0.05) is 66.2 Å². The van der Waals surface area contributed by atoms with Gasteiger partial charge in [0.25, 0.3) is 0 Å². The summed E-state index contributed by atoms with van der Waals surface area (Å²) < 4.78 is 2.01. The monoisotopic (exact) mass is 331 g/mol. The normalized spacial score (nSPS) is 11.4. The molecule has 0 N–H and O–H groups in total. The van der Waals surface area contributed by atoms with Crippen LogP contribution in [0.3, 0.4) is 0 Å². The van der Waals surface area contributed by atoms with Gasteiger partial charge in [0.05, 0.1) is 11.0 Å². The maximum Gasteiger partial charge on any atom is 0.140 e. The molecule has 2 aromatic carbocycles. The molecule has 0 unspecified atom stereocenters. The van der Waals surface area contributed by atoms with Gasteiger partial charge < -0.3 is 0 Å². The average Bonchev–Trinajstić information content (AvgIpc) is 2.99. The second-order valence-electron chi connectivity index (χ2n) is 5.36. The minimum absolute atomic E-state index is 0.461. The number of imidazole rings is 1. The van der Waals surface area contributed by atoms with Crippen molar-refractivity contribution in [1.82, 2.24) is 14.5 Å². The summed E-state index contributed by atoms with van der Waals surface area (Å²) in [7, 11) is 0. The number of para-hydroxylation sites is 2. The molecular weight excluding hydrogens is 318 g/mol. The van der Waals surface area contributed by atoms with Gasteiger partial charge in [-0.05, 0) is 35.9 Å². The lowest BCUT2D eigenvalue weighted by Crippen LogP contribution is -1.99. The summed E-state index contributed by atoms with van der Waals surface area (Å²) in [6.07, 6.45) is 4.04. The molecule has 24 heavy (non-hydrogen) atoms. The highest BCUT2D eigenvalue weighted by atomic mass is 35.5. The number of aromatic nitrogens is 3. The van der Waals surface area contributed by atoms with Crippen molar-refractivity contribution in [1.29, 1.82) is 0 Å².